The molecule has 0 saturated carbocycles. The van der Waals surface area contributed by atoms with Gasteiger partial charge in [0.05, 0.1) is 29.1 Å². The molecule has 1 aliphatic rings. The molecule has 2 aromatic carbocycles. The fourth-order valence-electron chi connectivity index (χ4n) is 3.56. The van der Waals surface area contributed by atoms with Gasteiger partial charge in [0.15, 0.2) is 0 Å². The van der Waals surface area contributed by atoms with Crippen LogP contribution in [0.2, 0.25) is 0 Å². The van der Waals surface area contributed by atoms with Crippen molar-refractivity contribution < 1.29 is 4.74 Å². The zero-order chi connectivity index (χ0) is 21.4. The Morgan fingerprint density at radius 2 is 1.55 bits per heavy atom. The number of nitrogens with two attached hydrogens (primary N) is 2. The Kier molecular flexibility index (Phi) is 5.65. The summed E-state index contributed by atoms with van der Waals surface area (Å²) >= 11 is 0. The summed E-state index contributed by atoms with van der Waals surface area (Å²) in [6.45, 7) is 11.6. The van der Waals surface area contributed by atoms with E-state index in [1.54, 1.807) is 5.01 Å². The van der Waals surface area contributed by atoms with Gasteiger partial charge in [0.1, 0.15) is 0 Å². The number of ether oxygens (including phenoxy) is 1. The van der Waals surface area contributed by atoms with Crippen molar-refractivity contribution >= 4 is 17.1 Å². The van der Waals surface area contributed by atoms with Crippen molar-refractivity contribution in [2.75, 3.05) is 18.6 Å². The fourth-order valence-corrected chi connectivity index (χ4v) is 3.56. The number of hydrogen-bond acceptors (Lipinski definition) is 5. The predicted octanol–water partition coefficient (Wildman–Crippen LogP) is 4.19. The van der Waals surface area contributed by atoms with E-state index in [-0.39, 0.29) is 5.60 Å². The summed E-state index contributed by atoms with van der Waals surface area (Å²) in [4.78, 5) is 2.23. The highest BCUT2D eigenvalue weighted by molar-refractivity contribution is 5.93. The summed E-state index contributed by atoms with van der Waals surface area (Å²) in [5, 5.41) is 1.79. The first-order valence-electron chi connectivity index (χ1n) is 10.1. The molecule has 0 aromatic heterocycles. The number of rotatable bonds is 4. The van der Waals surface area contributed by atoms with E-state index in [0.717, 1.165) is 29.1 Å². The predicted molar refractivity (Wildman–Crippen MR) is 122 cm³/mol. The monoisotopic (exact) mass is 394 g/mol. The van der Waals surface area contributed by atoms with Crippen LogP contribution >= 0.6 is 0 Å². The zero-order valence-electron chi connectivity index (χ0n) is 18.5. The number of benzene rings is 2. The summed E-state index contributed by atoms with van der Waals surface area (Å²) in [6.07, 6.45) is 0. The summed E-state index contributed by atoms with van der Waals surface area (Å²) < 4.78 is 6.08. The molecule has 0 aliphatic carbocycles. The zero-order valence-corrected chi connectivity index (χ0v) is 18.5. The van der Waals surface area contributed by atoms with E-state index in [1.807, 2.05) is 18.2 Å². The van der Waals surface area contributed by atoms with Gasteiger partial charge in [-0.15, -0.1) is 0 Å². The summed E-state index contributed by atoms with van der Waals surface area (Å²) in [7, 11) is 2.09. The van der Waals surface area contributed by atoms with Crippen molar-refractivity contribution in [3.05, 3.63) is 65.2 Å². The molecule has 1 aliphatic heterocycles. The van der Waals surface area contributed by atoms with E-state index in [4.69, 9.17) is 16.3 Å². The van der Waals surface area contributed by atoms with Crippen molar-refractivity contribution in [1.29, 1.82) is 0 Å². The van der Waals surface area contributed by atoms with E-state index in [1.165, 1.54) is 5.56 Å². The van der Waals surface area contributed by atoms with Crippen molar-refractivity contribution in [2.45, 2.75) is 52.3 Å². The molecule has 1 heterocycles. The number of hydrogen-bond donors (Lipinski definition) is 2. The average Bonchev–Trinajstić information content (AvgIpc) is 2.66. The molecule has 29 heavy (non-hydrogen) atoms. The van der Waals surface area contributed by atoms with Crippen LogP contribution in [0.25, 0.3) is 11.4 Å². The Balaban J connectivity index is 2.17. The van der Waals surface area contributed by atoms with Crippen LogP contribution < -0.4 is 16.5 Å². The lowest BCUT2D eigenvalue weighted by molar-refractivity contribution is -0.0498. The van der Waals surface area contributed by atoms with Crippen LogP contribution in [0.5, 0.6) is 0 Å². The van der Waals surface area contributed by atoms with Crippen LogP contribution in [0.4, 0.5) is 5.69 Å². The van der Waals surface area contributed by atoms with Gasteiger partial charge in [0.2, 0.25) is 0 Å². The fraction of sp³-hybridized carbons (Fsp3) is 0.417. The molecule has 5 heteroatoms. The first kappa shape index (κ1) is 21.2. The Hall–Kier alpha value is -2.50. The lowest BCUT2D eigenvalue weighted by Crippen LogP contribution is -2.52. The summed E-state index contributed by atoms with van der Waals surface area (Å²) in [5.74, 6) is 6.77. The maximum Gasteiger partial charge on any atom is 0.0836 e. The molecule has 0 atom stereocenters. The normalized spacial score (nSPS) is 17.3. The minimum Gasteiger partial charge on any atom is -0.396 e. The van der Waals surface area contributed by atoms with E-state index in [2.05, 4.69) is 76.9 Å². The topological polar surface area (TPSA) is 67.8 Å². The van der Waals surface area contributed by atoms with Crippen LogP contribution in [0.15, 0.2) is 48.5 Å². The number of nitrogens with zero attached hydrogens (tertiary/aromatic N) is 2. The van der Waals surface area contributed by atoms with Crippen molar-refractivity contribution in [2.24, 2.45) is 11.6 Å². The van der Waals surface area contributed by atoms with Crippen LogP contribution in [-0.2, 0) is 11.3 Å². The lowest BCUT2D eigenvalue weighted by atomic mass is 9.93. The molecule has 156 valence electrons. The molecule has 0 saturated heterocycles. The quantitative estimate of drug-likeness (QED) is 0.601. The van der Waals surface area contributed by atoms with Crippen LogP contribution in [0.3, 0.4) is 0 Å². The molecule has 0 radical (unpaired) electrons. The summed E-state index contributed by atoms with van der Waals surface area (Å²) in [5.41, 5.74) is 11.9. The standard InChI is InChI=1S/C24H34N4O/c1-23(2,3)29-16-24(4,5)28(26)22-18-12-8-7-11-17(18)15-27(6)20-14-10-9-13-19(20)21(22)25/h7-14H,15-16,25-26H2,1-6H3/b22-21-. The van der Waals surface area contributed by atoms with Crippen LogP contribution in [-0.4, -0.2) is 29.8 Å². The first-order valence-corrected chi connectivity index (χ1v) is 10.1. The molecule has 0 amide bonds. The van der Waals surface area contributed by atoms with Crippen molar-refractivity contribution in [1.82, 2.24) is 5.01 Å². The lowest BCUT2D eigenvalue weighted by Gasteiger charge is -2.41. The molecule has 0 unspecified atom stereocenters. The van der Waals surface area contributed by atoms with Gasteiger partial charge in [-0.2, -0.15) is 0 Å². The maximum atomic E-state index is 6.81. The van der Waals surface area contributed by atoms with E-state index in [9.17, 15) is 0 Å². The second-order valence-corrected chi connectivity index (χ2v) is 9.38. The highest BCUT2D eigenvalue weighted by atomic mass is 16.5. The van der Waals surface area contributed by atoms with Gasteiger partial charge < -0.3 is 20.4 Å². The van der Waals surface area contributed by atoms with Gasteiger partial charge in [-0.1, -0.05) is 42.5 Å². The van der Waals surface area contributed by atoms with Crippen molar-refractivity contribution in [3.63, 3.8) is 0 Å². The summed E-state index contributed by atoms with van der Waals surface area (Å²) in [6, 6.07) is 16.5. The van der Waals surface area contributed by atoms with Gasteiger partial charge in [0, 0.05) is 30.4 Å². The molecular formula is C24H34N4O. The molecular weight excluding hydrogens is 360 g/mol. The third-order valence-electron chi connectivity index (χ3n) is 5.29. The molecule has 0 spiro atoms. The molecule has 0 bridgehead atoms. The van der Waals surface area contributed by atoms with E-state index in [0.29, 0.717) is 12.3 Å². The number of para-hydroxylation sites is 1. The highest BCUT2D eigenvalue weighted by Crippen LogP contribution is 2.37. The van der Waals surface area contributed by atoms with Gasteiger partial charge in [-0.05, 0) is 46.2 Å². The van der Waals surface area contributed by atoms with Crippen LogP contribution in [0.1, 0.15) is 51.3 Å². The van der Waals surface area contributed by atoms with Gasteiger partial charge in [-0.25, -0.2) is 5.84 Å². The Bertz CT molecular complexity index is 911. The van der Waals surface area contributed by atoms with E-state index < -0.39 is 5.54 Å². The highest BCUT2D eigenvalue weighted by Gasteiger charge is 2.33. The minimum absolute atomic E-state index is 0.244. The SMILES string of the molecule is CN1Cc2ccccc2/C(N(N)C(C)(C)COC(C)(C)C)=C(/N)c2ccccc21. The number of anilines is 1. The Morgan fingerprint density at radius 1 is 0.966 bits per heavy atom. The molecule has 0 fully saturated rings. The second kappa shape index (κ2) is 7.73. The number of hydrazine groups is 1. The Labute approximate surface area is 174 Å². The molecule has 3 rings (SSSR count). The minimum atomic E-state index is -0.458. The Morgan fingerprint density at radius 3 is 2.21 bits per heavy atom. The van der Waals surface area contributed by atoms with E-state index >= 15 is 0 Å². The molecule has 5 nitrogen and oxygen atoms in total. The van der Waals surface area contributed by atoms with Crippen molar-refractivity contribution in [3.8, 4) is 0 Å². The second-order valence-electron chi connectivity index (χ2n) is 9.38. The first-order chi connectivity index (χ1) is 13.5. The third kappa shape index (κ3) is 4.41. The third-order valence-corrected chi connectivity index (χ3v) is 5.29. The largest absolute Gasteiger partial charge is 0.396 e. The smallest absolute Gasteiger partial charge is 0.0836 e. The molecule has 4 N–H and O–H groups in total. The average molecular weight is 395 g/mol. The van der Waals surface area contributed by atoms with Crippen LogP contribution in [0, 0.1) is 0 Å². The maximum absolute atomic E-state index is 6.81. The van der Waals surface area contributed by atoms with Gasteiger partial charge in [-0.3, -0.25) is 0 Å². The number of fused-ring (bicyclic) bond motifs is 2. The van der Waals surface area contributed by atoms with Gasteiger partial charge >= 0.3 is 0 Å². The van der Waals surface area contributed by atoms with Gasteiger partial charge in [0.25, 0.3) is 0 Å². The molecule has 2 aromatic rings.